The van der Waals surface area contributed by atoms with Gasteiger partial charge in [0.25, 0.3) is 0 Å². The first-order valence-corrected chi connectivity index (χ1v) is 8.40. The van der Waals surface area contributed by atoms with Crippen molar-refractivity contribution in [2.75, 3.05) is 13.8 Å². The van der Waals surface area contributed by atoms with E-state index in [1.807, 2.05) is 25.1 Å². The number of aryl methyl sites for hydroxylation is 1. The van der Waals surface area contributed by atoms with Gasteiger partial charge in [-0.05, 0) is 48.4 Å². The minimum atomic E-state index is -0.307. The van der Waals surface area contributed by atoms with Crippen LogP contribution in [0.2, 0.25) is 0 Å². The number of aromatic nitrogens is 1. The summed E-state index contributed by atoms with van der Waals surface area (Å²) in [6.45, 7) is 2.59. The molecule has 134 valence electrons. The summed E-state index contributed by atoms with van der Waals surface area (Å²) < 4.78 is 24.3. The van der Waals surface area contributed by atoms with Crippen molar-refractivity contribution in [2.24, 2.45) is 0 Å². The molecular formula is C20H19FN2O3. The van der Waals surface area contributed by atoms with Crippen LogP contribution in [0.15, 0.2) is 36.4 Å². The Morgan fingerprint density at radius 1 is 1.19 bits per heavy atom. The molecule has 5 nitrogen and oxygen atoms in total. The number of halogens is 1. The maximum Gasteiger partial charge on any atom is 0.231 e. The molecule has 2 heterocycles. The summed E-state index contributed by atoms with van der Waals surface area (Å²) in [7, 11) is 1.76. The third kappa shape index (κ3) is 2.98. The van der Waals surface area contributed by atoms with Crippen molar-refractivity contribution < 1.29 is 18.7 Å². The molecule has 0 atom stereocenters. The van der Waals surface area contributed by atoms with E-state index in [9.17, 15) is 9.18 Å². The molecule has 0 unspecified atom stereocenters. The van der Waals surface area contributed by atoms with Gasteiger partial charge in [0.1, 0.15) is 5.82 Å². The van der Waals surface area contributed by atoms with E-state index in [1.54, 1.807) is 18.0 Å². The number of carbonyl (C=O) groups is 1. The third-order valence-corrected chi connectivity index (χ3v) is 4.69. The number of rotatable bonds is 4. The van der Waals surface area contributed by atoms with E-state index in [0.29, 0.717) is 12.3 Å². The molecular weight excluding hydrogens is 335 g/mol. The molecule has 1 N–H and O–H groups in total. The van der Waals surface area contributed by atoms with Gasteiger partial charge in [-0.3, -0.25) is 4.79 Å². The molecule has 2 aromatic carbocycles. The lowest BCUT2D eigenvalue weighted by atomic mass is 10.1. The van der Waals surface area contributed by atoms with E-state index in [-0.39, 0.29) is 24.9 Å². The Morgan fingerprint density at radius 3 is 2.85 bits per heavy atom. The van der Waals surface area contributed by atoms with Gasteiger partial charge in [-0.15, -0.1) is 0 Å². The third-order valence-electron chi connectivity index (χ3n) is 4.69. The Morgan fingerprint density at radius 2 is 2.00 bits per heavy atom. The van der Waals surface area contributed by atoms with Gasteiger partial charge in [0.05, 0.1) is 6.42 Å². The van der Waals surface area contributed by atoms with Crippen LogP contribution in [0.4, 0.5) is 4.39 Å². The lowest BCUT2D eigenvalue weighted by molar-refractivity contribution is -0.129. The molecule has 0 radical (unpaired) electrons. The van der Waals surface area contributed by atoms with Gasteiger partial charge in [0.2, 0.25) is 12.7 Å². The molecule has 1 amide bonds. The second-order valence-corrected chi connectivity index (χ2v) is 6.53. The molecule has 1 aromatic heterocycles. The largest absolute Gasteiger partial charge is 0.454 e. The molecule has 6 heteroatoms. The highest BCUT2D eigenvalue weighted by molar-refractivity contribution is 5.90. The van der Waals surface area contributed by atoms with Crippen molar-refractivity contribution in [1.82, 2.24) is 9.88 Å². The number of fused-ring (bicyclic) bond motifs is 2. The van der Waals surface area contributed by atoms with Gasteiger partial charge in [0.15, 0.2) is 11.5 Å². The number of nitrogens with one attached hydrogen (secondary N) is 1. The highest BCUT2D eigenvalue weighted by atomic mass is 19.1. The van der Waals surface area contributed by atoms with Crippen LogP contribution in [-0.2, 0) is 17.8 Å². The number of aromatic amines is 1. The fourth-order valence-electron chi connectivity index (χ4n) is 3.27. The molecule has 0 spiro atoms. The molecule has 0 bridgehead atoms. The van der Waals surface area contributed by atoms with E-state index in [4.69, 9.17) is 9.47 Å². The van der Waals surface area contributed by atoms with Crippen LogP contribution < -0.4 is 9.47 Å². The number of hydrogen-bond acceptors (Lipinski definition) is 3. The molecule has 0 saturated heterocycles. The maximum absolute atomic E-state index is 13.6. The number of likely N-dealkylation sites (N-methyl/N-ethyl adjacent to an activating group) is 1. The highest BCUT2D eigenvalue weighted by Crippen LogP contribution is 2.32. The molecule has 26 heavy (non-hydrogen) atoms. The number of ether oxygens (including phenoxy) is 2. The van der Waals surface area contributed by atoms with Crippen molar-refractivity contribution in [3.05, 3.63) is 59.0 Å². The predicted molar refractivity (Wildman–Crippen MR) is 95.7 cm³/mol. The topological polar surface area (TPSA) is 54.6 Å². The summed E-state index contributed by atoms with van der Waals surface area (Å²) in [5.74, 6) is 1.08. The first-order valence-electron chi connectivity index (χ1n) is 8.40. The van der Waals surface area contributed by atoms with Gasteiger partial charge in [0, 0.05) is 30.2 Å². The quantitative estimate of drug-likeness (QED) is 0.780. The smallest absolute Gasteiger partial charge is 0.231 e. The van der Waals surface area contributed by atoms with Crippen molar-refractivity contribution in [3.8, 4) is 11.5 Å². The zero-order valence-corrected chi connectivity index (χ0v) is 14.6. The summed E-state index contributed by atoms with van der Waals surface area (Å²) in [6.07, 6.45) is 0.219. The lowest BCUT2D eigenvalue weighted by Crippen LogP contribution is -2.27. The molecule has 4 rings (SSSR count). The normalized spacial score (nSPS) is 12.6. The molecule has 0 saturated carbocycles. The van der Waals surface area contributed by atoms with Crippen LogP contribution in [0.25, 0.3) is 10.9 Å². The molecule has 0 fully saturated rings. The van der Waals surface area contributed by atoms with E-state index in [2.05, 4.69) is 4.98 Å². The van der Waals surface area contributed by atoms with Crippen molar-refractivity contribution in [1.29, 1.82) is 0 Å². The SMILES string of the molecule is Cc1[nH]c2ccc(F)cc2c1CC(=O)N(C)Cc1ccc2c(c1)OCO2. The zero-order valence-electron chi connectivity index (χ0n) is 14.6. The van der Waals surface area contributed by atoms with E-state index in [1.165, 1.54) is 12.1 Å². The molecule has 0 aliphatic carbocycles. The van der Waals surface area contributed by atoms with Crippen LogP contribution in [0.3, 0.4) is 0 Å². The van der Waals surface area contributed by atoms with E-state index < -0.39 is 0 Å². The van der Waals surface area contributed by atoms with Gasteiger partial charge in [-0.25, -0.2) is 4.39 Å². The second-order valence-electron chi connectivity index (χ2n) is 6.53. The second kappa shape index (κ2) is 6.37. The average molecular weight is 354 g/mol. The summed E-state index contributed by atoms with van der Waals surface area (Å²) in [6, 6.07) is 10.2. The summed E-state index contributed by atoms with van der Waals surface area (Å²) >= 11 is 0. The number of nitrogens with zero attached hydrogens (tertiary/aromatic N) is 1. The molecule has 3 aromatic rings. The minimum absolute atomic E-state index is 0.0315. The summed E-state index contributed by atoms with van der Waals surface area (Å²) in [5, 5.41) is 0.757. The van der Waals surface area contributed by atoms with Gasteiger partial charge in [-0.1, -0.05) is 6.07 Å². The lowest BCUT2D eigenvalue weighted by Gasteiger charge is -2.17. The Labute approximate surface area is 150 Å². The van der Waals surface area contributed by atoms with Crippen molar-refractivity contribution in [3.63, 3.8) is 0 Å². The van der Waals surface area contributed by atoms with Gasteiger partial charge < -0.3 is 19.4 Å². The van der Waals surface area contributed by atoms with E-state index in [0.717, 1.165) is 33.5 Å². The zero-order chi connectivity index (χ0) is 18.3. The summed E-state index contributed by atoms with van der Waals surface area (Å²) in [5.41, 5.74) is 3.52. The number of amides is 1. The summed E-state index contributed by atoms with van der Waals surface area (Å²) in [4.78, 5) is 17.6. The average Bonchev–Trinajstić information content (AvgIpc) is 3.19. The minimum Gasteiger partial charge on any atom is -0.454 e. The number of H-pyrrole nitrogens is 1. The van der Waals surface area contributed by atoms with Crippen molar-refractivity contribution >= 4 is 16.8 Å². The number of benzene rings is 2. The fraction of sp³-hybridized carbons (Fsp3) is 0.250. The highest BCUT2D eigenvalue weighted by Gasteiger charge is 2.18. The Kier molecular flexibility index (Phi) is 4.03. The molecule has 1 aliphatic rings. The van der Waals surface area contributed by atoms with Gasteiger partial charge >= 0.3 is 0 Å². The van der Waals surface area contributed by atoms with E-state index >= 15 is 0 Å². The predicted octanol–water partition coefficient (Wildman–Crippen LogP) is 3.55. The monoisotopic (exact) mass is 354 g/mol. The fourth-order valence-corrected chi connectivity index (χ4v) is 3.27. The maximum atomic E-state index is 13.6. The van der Waals surface area contributed by atoms with Crippen LogP contribution in [0.5, 0.6) is 11.5 Å². The van der Waals surface area contributed by atoms with Crippen LogP contribution >= 0.6 is 0 Å². The Hall–Kier alpha value is -3.02. The Bertz CT molecular complexity index is 996. The van der Waals surface area contributed by atoms with Crippen LogP contribution in [0, 0.1) is 12.7 Å². The van der Waals surface area contributed by atoms with Crippen LogP contribution in [0.1, 0.15) is 16.8 Å². The van der Waals surface area contributed by atoms with Crippen molar-refractivity contribution in [2.45, 2.75) is 19.9 Å². The van der Waals surface area contributed by atoms with Gasteiger partial charge in [-0.2, -0.15) is 0 Å². The molecule has 1 aliphatic heterocycles. The first kappa shape index (κ1) is 16.4. The first-order chi connectivity index (χ1) is 12.5. The Balaban J connectivity index is 1.51. The number of hydrogen-bond donors (Lipinski definition) is 1. The number of carbonyl (C=O) groups excluding carboxylic acids is 1. The van der Waals surface area contributed by atoms with Crippen LogP contribution in [-0.4, -0.2) is 29.6 Å². The standard InChI is InChI=1S/C20H19FN2O3/c1-12-15(16-8-14(21)4-5-17(16)22-12)9-20(24)23(2)10-13-3-6-18-19(7-13)26-11-25-18/h3-8,22H,9-11H2,1-2H3.